The number of rotatable bonds is 8. The Morgan fingerprint density at radius 3 is 1.74 bits per heavy atom. The summed E-state index contributed by atoms with van der Waals surface area (Å²) >= 11 is 3.20. The van der Waals surface area contributed by atoms with E-state index in [2.05, 4.69) is 29.1 Å². The Morgan fingerprint density at radius 1 is 1.05 bits per heavy atom. The van der Waals surface area contributed by atoms with Crippen LogP contribution < -0.4 is 0 Å². The fourth-order valence-electron chi connectivity index (χ4n) is 1.82. The van der Waals surface area contributed by atoms with Crippen molar-refractivity contribution in [2.75, 3.05) is 13.2 Å². The lowest BCUT2D eigenvalue weighted by Crippen LogP contribution is -2.42. The van der Waals surface area contributed by atoms with Gasteiger partial charge in [-0.1, -0.05) is 28.1 Å². The first kappa shape index (κ1) is 17.9. The molecule has 0 radical (unpaired) electrons. The van der Waals surface area contributed by atoms with Gasteiger partial charge in [0.25, 0.3) is 0 Å². The van der Waals surface area contributed by atoms with Crippen LogP contribution >= 0.6 is 15.9 Å². The number of carbonyl (C=O) groups is 2. The molecule has 19 heavy (non-hydrogen) atoms. The lowest BCUT2D eigenvalue weighted by Gasteiger charge is -2.29. The van der Waals surface area contributed by atoms with E-state index in [1.54, 1.807) is 20.8 Å². The topological polar surface area (TPSA) is 52.6 Å². The largest absolute Gasteiger partial charge is 0.465 e. The van der Waals surface area contributed by atoms with Crippen LogP contribution in [0.15, 0.2) is 23.2 Å². The normalized spacial score (nSPS) is 10.7. The van der Waals surface area contributed by atoms with Crippen LogP contribution in [-0.2, 0) is 19.1 Å². The first-order chi connectivity index (χ1) is 8.80. The number of halogens is 1. The van der Waals surface area contributed by atoms with Crippen LogP contribution in [0.1, 0.15) is 33.6 Å². The summed E-state index contributed by atoms with van der Waals surface area (Å²) in [5, 5.41) is 0. The zero-order valence-electron chi connectivity index (χ0n) is 11.8. The van der Waals surface area contributed by atoms with Crippen molar-refractivity contribution in [1.29, 1.82) is 0 Å². The zero-order valence-corrected chi connectivity index (χ0v) is 13.3. The number of hydrogen-bond acceptors (Lipinski definition) is 4. The predicted octanol–water partition coefficient (Wildman–Crippen LogP) is 3.36. The molecule has 0 heterocycles. The van der Waals surface area contributed by atoms with Gasteiger partial charge in [0.1, 0.15) is 0 Å². The van der Waals surface area contributed by atoms with Crippen molar-refractivity contribution in [3.05, 3.63) is 23.2 Å². The fourth-order valence-corrected chi connectivity index (χ4v) is 2.29. The third-order valence-electron chi connectivity index (χ3n) is 2.43. The molecule has 0 aromatic carbocycles. The second-order valence-corrected chi connectivity index (χ2v) is 5.47. The van der Waals surface area contributed by atoms with Gasteiger partial charge in [-0.05, 0) is 31.7 Å². The summed E-state index contributed by atoms with van der Waals surface area (Å²) < 4.78 is 10.6. The molecule has 0 aromatic heterocycles. The zero-order chi connectivity index (χ0) is 15.1. The quantitative estimate of drug-likeness (QED) is 0.388. The van der Waals surface area contributed by atoms with Crippen molar-refractivity contribution < 1.29 is 19.1 Å². The van der Waals surface area contributed by atoms with Gasteiger partial charge in [0, 0.05) is 6.42 Å². The summed E-state index contributed by atoms with van der Waals surface area (Å²) in [4.78, 5) is 24.5. The minimum absolute atomic E-state index is 0.123. The molecule has 0 unspecified atom stereocenters. The van der Waals surface area contributed by atoms with Crippen LogP contribution in [0.5, 0.6) is 0 Å². The lowest BCUT2D eigenvalue weighted by molar-refractivity contribution is -0.172. The van der Waals surface area contributed by atoms with Crippen LogP contribution in [-0.4, -0.2) is 25.2 Å². The van der Waals surface area contributed by atoms with Crippen LogP contribution in [0.3, 0.4) is 0 Å². The summed E-state index contributed by atoms with van der Waals surface area (Å²) in [6.07, 6.45) is 0.298. The fraction of sp³-hybridized carbons (Fsp3) is 0.571. The van der Waals surface area contributed by atoms with Gasteiger partial charge in [-0.15, -0.1) is 6.58 Å². The molecular weight excluding hydrogens is 312 g/mol. The Labute approximate surface area is 123 Å². The van der Waals surface area contributed by atoms with Crippen molar-refractivity contribution in [3.8, 4) is 0 Å². The van der Waals surface area contributed by atoms with Gasteiger partial charge < -0.3 is 9.47 Å². The summed E-state index contributed by atoms with van der Waals surface area (Å²) in [7, 11) is 0. The molecule has 0 saturated carbocycles. The molecule has 0 aliphatic carbocycles. The molecule has 0 amide bonds. The first-order valence-corrected chi connectivity index (χ1v) is 6.91. The second kappa shape index (κ2) is 8.15. The standard InChI is InChI=1S/C14H21BrO4/c1-6-18-12(16)14(8-10(3)4,9-11(5)15)13(17)19-7-2/h3,5-9H2,1-2,4H3. The summed E-state index contributed by atoms with van der Waals surface area (Å²) in [6.45, 7) is 13.0. The first-order valence-electron chi connectivity index (χ1n) is 6.12. The second-order valence-electron chi connectivity index (χ2n) is 4.35. The summed E-state index contributed by atoms with van der Waals surface area (Å²) in [6, 6.07) is 0. The Balaban J connectivity index is 5.54. The van der Waals surface area contributed by atoms with Gasteiger partial charge in [0.15, 0.2) is 5.41 Å². The van der Waals surface area contributed by atoms with E-state index in [4.69, 9.17) is 9.47 Å². The number of hydrogen-bond donors (Lipinski definition) is 0. The maximum Gasteiger partial charge on any atom is 0.324 e. The number of carbonyl (C=O) groups excluding carboxylic acids is 2. The Morgan fingerprint density at radius 2 is 1.47 bits per heavy atom. The molecule has 4 nitrogen and oxygen atoms in total. The molecule has 0 fully saturated rings. The van der Waals surface area contributed by atoms with E-state index >= 15 is 0 Å². The highest BCUT2D eigenvalue weighted by atomic mass is 79.9. The highest BCUT2D eigenvalue weighted by Gasteiger charge is 2.48. The monoisotopic (exact) mass is 332 g/mol. The maximum atomic E-state index is 12.2. The van der Waals surface area contributed by atoms with Crippen molar-refractivity contribution in [3.63, 3.8) is 0 Å². The van der Waals surface area contributed by atoms with Gasteiger partial charge in [0.2, 0.25) is 0 Å². The molecule has 0 aromatic rings. The average Bonchev–Trinajstić information content (AvgIpc) is 2.27. The Bertz CT molecular complexity index is 338. The minimum atomic E-state index is -1.40. The summed E-state index contributed by atoms with van der Waals surface area (Å²) in [5.74, 6) is -1.20. The Kier molecular flexibility index (Phi) is 7.68. The van der Waals surface area contributed by atoms with Crippen molar-refractivity contribution in [2.45, 2.75) is 33.6 Å². The molecule has 0 atom stereocenters. The van der Waals surface area contributed by atoms with E-state index in [1.165, 1.54) is 0 Å². The summed E-state index contributed by atoms with van der Waals surface area (Å²) in [5.41, 5.74) is -0.701. The van der Waals surface area contributed by atoms with Gasteiger partial charge in [0.05, 0.1) is 13.2 Å². The maximum absolute atomic E-state index is 12.2. The Hall–Kier alpha value is -1.10. The molecular formula is C14H21BrO4. The lowest BCUT2D eigenvalue weighted by atomic mass is 9.79. The van der Waals surface area contributed by atoms with E-state index in [0.717, 1.165) is 0 Å². The minimum Gasteiger partial charge on any atom is -0.465 e. The average molecular weight is 333 g/mol. The van der Waals surface area contributed by atoms with Crippen LogP contribution in [0.25, 0.3) is 0 Å². The molecule has 0 aliphatic heterocycles. The van der Waals surface area contributed by atoms with Crippen molar-refractivity contribution >= 4 is 27.9 Å². The van der Waals surface area contributed by atoms with Gasteiger partial charge >= 0.3 is 11.9 Å². The smallest absolute Gasteiger partial charge is 0.324 e. The van der Waals surface area contributed by atoms with Crippen LogP contribution in [0.4, 0.5) is 0 Å². The van der Waals surface area contributed by atoms with E-state index in [0.29, 0.717) is 10.1 Å². The molecule has 0 aliphatic rings. The number of ether oxygens (including phenoxy) is 2. The van der Waals surface area contributed by atoms with Gasteiger partial charge in [-0.2, -0.15) is 0 Å². The number of esters is 2. The van der Waals surface area contributed by atoms with Gasteiger partial charge in [-0.25, -0.2) is 0 Å². The van der Waals surface area contributed by atoms with E-state index in [1.807, 2.05) is 0 Å². The third-order valence-corrected chi connectivity index (χ3v) is 2.71. The van der Waals surface area contributed by atoms with Crippen molar-refractivity contribution in [2.24, 2.45) is 5.41 Å². The predicted molar refractivity (Wildman–Crippen MR) is 77.8 cm³/mol. The molecule has 0 spiro atoms. The van der Waals surface area contributed by atoms with Crippen LogP contribution in [0.2, 0.25) is 0 Å². The highest BCUT2D eigenvalue weighted by Crippen LogP contribution is 2.37. The SMILES string of the molecule is C=C(C)CC(CC(=C)Br)(C(=O)OCC)C(=O)OCC. The van der Waals surface area contributed by atoms with E-state index < -0.39 is 17.4 Å². The molecule has 0 rings (SSSR count). The molecule has 5 heteroatoms. The molecule has 0 N–H and O–H groups in total. The van der Waals surface area contributed by atoms with Gasteiger partial charge in [-0.3, -0.25) is 9.59 Å². The molecule has 0 saturated heterocycles. The van der Waals surface area contributed by atoms with E-state index in [-0.39, 0.29) is 26.1 Å². The number of allylic oxidation sites excluding steroid dienone is 2. The molecule has 0 bridgehead atoms. The highest BCUT2D eigenvalue weighted by molar-refractivity contribution is 9.11. The van der Waals surface area contributed by atoms with E-state index in [9.17, 15) is 9.59 Å². The van der Waals surface area contributed by atoms with Crippen molar-refractivity contribution in [1.82, 2.24) is 0 Å². The molecule has 108 valence electrons. The third kappa shape index (κ3) is 5.19. The van der Waals surface area contributed by atoms with Crippen LogP contribution in [0, 0.1) is 5.41 Å².